The second kappa shape index (κ2) is 6.19. The largest absolute Gasteiger partial charge is 0.376 e. The molecule has 2 aromatic rings. The zero-order valence-corrected chi connectivity index (χ0v) is 13.5. The Morgan fingerprint density at radius 2 is 1.74 bits per heavy atom. The second-order valence-electron chi connectivity index (χ2n) is 6.80. The average Bonchev–Trinajstić information content (AvgIpc) is 3.01. The van der Waals surface area contributed by atoms with Gasteiger partial charge < -0.3 is 11.1 Å². The molecular formula is C19H24N4. The maximum atomic E-state index is 6.02. The molecule has 1 aliphatic carbocycles. The van der Waals surface area contributed by atoms with Crippen LogP contribution in [0, 0.1) is 0 Å². The van der Waals surface area contributed by atoms with Crippen LogP contribution in [0.2, 0.25) is 0 Å². The molecule has 1 fully saturated rings. The molecule has 1 aromatic heterocycles. The lowest BCUT2D eigenvalue weighted by atomic mass is 10.0. The first-order valence-corrected chi connectivity index (χ1v) is 8.78. The molecular weight excluding hydrogens is 284 g/mol. The number of para-hydroxylation sites is 1. The summed E-state index contributed by atoms with van der Waals surface area (Å²) in [6.07, 6.45) is 8.44. The van der Waals surface area contributed by atoms with Crippen LogP contribution in [0.25, 0.3) is 0 Å². The van der Waals surface area contributed by atoms with E-state index in [0.717, 1.165) is 30.7 Å². The first kappa shape index (κ1) is 14.5. The summed E-state index contributed by atoms with van der Waals surface area (Å²) in [5.74, 6) is 0.987. The van der Waals surface area contributed by atoms with Gasteiger partial charge in [0.15, 0.2) is 0 Å². The average molecular weight is 308 g/mol. The third-order valence-electron chi connectivity index (χ3n) is 5.20. The lowest BCUT2D eigenvalue weighted by molar-refractivity contribution is 0.636. The van der Waals surface area contributed by atoms with Gasteiger partial charge in [0.2, 0.25) is 5.95 Å². The molecule has 4 heteroatoms. The number of hydrogen-bond acceptors (Lipinski definition) is 4. The van der Waals surface area contributed by atoms with Crippen LogP contribution in [0.15, 0.2) is 30.3 Å². The van der Waals surface area contributed by atoms with E-state index in [1.165, 1.54) is 36.9 Å². The third-order valence-corrected chi connectivity index (χ3v) is 5.20. The van der Waals surface area contributed by atoms with E-state index in [9.17, 15) is 0 Å². The minimum absolute atomic E-state index is 0.226. The van der Waals surface area contributed by atoms with Crippen LogP contribution in [0.1, 0.15) is 67.4 Å². The molecule has 2 heterocycles. The first-order chi connectivity index (χ1) is 11.3. The normalized spacial score (nSPS) is 21.5. The highest BCUT2D eigenvalue weighted by Crippen LogP contribution is 2.36. The molecule has 1 aromatic carbocycles. The van der Waals surface area contributed by atoms with Gasteiger partial charge in [0.25, 0.3) is 0 Å². The van der Waals surface area contributed by atoms with Crippen molar-refractivity contribution >= 4 is 11.6 Å². The Hall–Kier alpha value is -2.10. The highest BCUT2D eigenvalue weighted by molar-refractivity contribution is 5.53. The highest BCUT2D eigenvalue weighted by Gasteiger charge is 2.23. The molecule has 1 aliphatic heterocycles. The van der Waals surface area contributed by atoms with Crippen molar-refractivity contribution in [3.8, 4) is 0 Å². The van der Waals surface area contributed by atoms with Gasteiger partial charge in [-0.25, -0.2) is 9.97 Å². The van der Waals surface area contributed by atoms with E-state index in [-0.39, 0.29) is 6.04 Å². The molecule has 1 unspecified atom stereocenters. The van der Waals surface area contributed by atoms with E-state index >= 15 is 0 Å². The first-order valence-electron chi connectivity index (χ1n) is 8.78. The van der Waals surface area contributed by atoms with Crippen LogP contribution in [0.5, 0.6) is 0 Å². The molecule has 2 aliphatic rings. The number of rotatable bonds is 2. The quantitative estimate of drug-likeness (QED) is 0.872. The van der Waals surface area contributed by atoms with Gasteiger partial charge in [-0.1, -0.05) is 31.0 Å². The van der Waals surface area contributed by atoms with Crippen LogP contribution in [-0.4, -0.2) is 9.97 Å². The van der Waals surface area contributed by atoms with Gasteiger partial charge in [-0.05, 0) is 49.8 Å². The summed E-state index contributed by atoms with van der Waals surface area (Å²) < 4.78 is 0. The van der Waals surface area contributed by atoms with Gasteiger partial charge in [-0.3, -0.25) is 0 Å². The van der Waals surface area contributed by atoms with Crippen molar-refractivity contribution in [1.82, 2.24) is 9.97 Å². The fourth-order valence-electron chi connectivity index (χ4n) is 3.97. The second-order valence-corrected chi connectivity index (χ2v) is 6.80. The number of nitrogens with two attached hydrogens (primary N) is 1. The molecule has 4 nitrogen and oxygen atoms in total. The maximum absolute atomic E-state index is 6.02. The Morgan fingerprint density at radius 3 is 2.61 bits per heavy atom. The Bertz CT molecular complexity index is 692. The van der Waals surface area contributed by atoms with Crippen LogP contribution >= 0.6 is 0 Å². The van der Waals surface area contributed by atoms with E-state index in [1.807, 2.05) is 0 Å². The van der Waals surface area contributed by atoms with Gasteiger partial charge >= 0.3 is 0 Å². The molecule has 4 rings (SSSR count). The minimum atomic E-state index is 0.226. The van der Waals surface area contributed by atoms with E-state index < -0.39 is 0 Å². The van der Waals surface area contributed by atoms with Crippen molar-refractivity contribution in [2.45, 2.75) is 56.9 Å². The van der Waals surface area contributed by atoms with E-state index in [2.05, 4.69) is 45.6 Å². The van der Waals surface area contributed by atoms with Gasteiger partial charge in [0.1, 0.15) is 0 Å². The third kappa shape index (κ3) is 3.03. The fraction of sp³-hybridized carbons (Fsp3) is 0.474. The predicted molar refractivity (Wildman–Crippen MR) is 93.4 cm³/mol. The summed E-state index contributed by atoms with van der Waals surface area (Å²) in [6.45, 7) is 0. The van der Waals surface area contributed by atoms with Crippen LogP contribution in [0.4, 0.5) is 11.6 Å². The van der Waals surface area contributed by atoms with Crippen molar-refractivity contribution < 1.29 is 0 Å². The standard InChI is InChI=1S/C19H24N4/c20-19-22-17(14-7-1-2-8-14)12-18(23-19)16-11-5-9-13-6-3-4-10-15(13)21-16/h3-4,6,10,12,14,16,21H,1-2,5,7-9,11H2,(H2,20,22,23). The number of hydrogen-bond donors (Lipinski definition) is 2. The smallest absolute Gasteiger partial charge is 0.220 e. The number of nitrogen functional groups attached to an aromatic ring is 1. The molecule has 23 heavy (non-hydrogen) atoms. The number of nitrogens with one attached hydrogen (secondary N) is 1. The number of nitrogens with zero attached hydrogens (tertiary/aromatic N) is 2. The lowest BCUT2D eigenvalue weighted by Gasteiger charge is -2.19. The topological polar surface area (TPSA) is 63.8 Å². The molecule has 3 N–H and O–H groups in total. The van der Waals surface area contributed by atoms with Crippen molar-refractivity contribution in [3.63, 3.8) is 0 Å². The molecule has 120 valence electrons. The molecule has 0 saturated heterocycles. The number of benzene rings is 1. The predicted octanol–water partition coefficient (Wildman–Crippen LogP) is 4.21. The minimum Gasteiger partial charge on any atom is -0.376 e. The Balaban J connectivity index is 1.64. The molecule has 1 atom stereocenters. The zero-order chi connectivity index (χ0) is 15.6. The summed E-state index contributed by atoms with van der Waals surface area (Å²) >= 11 is 0. The fourth-order valence-corrected chi connectivity index (χ4v) is 3.97. The summed E-state index contributed by atoms with van der Waals surface area (Å²) in [4.78, 5) is 9.06. The van der Waals surface area contributed by atoms with Crippen LogP contribution < -0.4 is 11.1 Å². The van der Waals surface area contributed by atoms with Gasteiger partial charge in [-0.15, -0.1) is 0 Å². The van der Waals surface area contributed by atoms with Crippen LogP contribution in [0.3, 0.4) is 0 Å². The summed E-state index contributed by atoms with van der Waals surface area (Å²) in [5.41, 5.74) is 10.8. The lowest BCUT2D eigenvalue weighted by Crippen LogP contribution is -2.14. The zero-order valence-electron chi connectivity index (χ0n) is 13.5. The number of aryl methyl sites for hydroxylation is 1. The molecule has 0 spiro atoms. The number of fused-ring (bicyclic) bond motifs is 1. The molecule has 0 amide bonds. The molecule has 0 radical (unpaired) electrons. The van der Waals surface area contributed by atoms with Crippen molar-refractivity contribution in [2.24, 2.45) is 0 Å². The van der Waals surface area contributed by atoms with E-state index in [4.69, 9.17) is 5.73 Å². The van der Waals surface area contributed by atoms with Gasteiger partial charge in [-0.2, -0.15) is 0 Å². The van der Waals surface area contributed by atoms with E-state index in [0.29, 0.717) is 11.9 Å². The van der Waals surface area contributed by atoms with Crippen LogP contribution in [-0.2, 0) is 6.42 Å². The number of aromatic nitrogens is 2. The van der Waals surface area contributed by atoms with Crippen molar-refractivity contribution in [1.29, 1.82) is 0 Å². The highest BCUT2D eigenvalue weighted by atomic mass is 15.0. The summed E-state index contributed by atoms with van der Waals surface area (Å²) in [5, 5.41) is 3.67. The van der Waals surface area contributed by atoms with Crippen molar-refractivity contribution in [3.05, 3.63) is 47.3 Å². The Morgan fingerprint density at radius 1 is 0.957 bits per heavy atom. The van der Waals surface area contributed by atoms with Gasteiger partial charge in [0.05, 0.1) is 11.7 Å². The summed E-state index contributed by atoms with van der Waals surface area (Å²) in [6, 6.07) is 11.0. The monoisotopic (exact) mass is 308 g/mol. The number of anilines is 2. The van der Waals surface area contributed by atoms with Crippen molar-refractivity contribution in [2.75, 3.05) is 11.1 Å². The van der Waals surface area contributed by atoms with E-state index in [1.54, 1.807) is 0 Å². The maximum Gasteiger partial charge on any atom is 0.220 e. The summed E-state index contributed by atoms with van der Waals surface area (Å²) in [7, 11) is 0. The SMILES string of the molecule is Nc1nc(C2CCCC2)cc(C2CCCc3ccccc3N2)n1. The molecule has 0 bridgehead atoms. The molecule has 1 saturated carbocycles. The van der Waals surface area contributed by atoms with Gasteiger partial charge in [0, 0.05) is 17.3 Å². The Kier molecular flexibility index (Phi) is 3.90. The Labute approximate surface area is 137 Å².